The number of imide groups is 1. The van der Waals surface area contributed by atoms with Crippen LogP contribution in [-0.2, 0) is 14.4 Å². The van der Waals surface area contributed by atoms with Crippen LogP contribution in [0.25, 0.3) is 0 Å². The van der Waals surface area contributed by atoms with E-state index in [2.05, 4.69) is 26.2 Å². The molecule has 1 aromatic heterocycles. The Morgan fingerprint density at radius 3 is 2.47 bits per heavy atom. The Hall–Kier alpha value is -3.58. The quantitative estimate of drug-likeness (QED) is 0.206. The van der Waals surface area contributed by atoms with E-state index in [-0.39, 0.29) is 58.1 Å². The fourth-order valence-electron chi connectivity index (χ4n) is 8.12. The number of aromatic amines is 1. The van der Waals surface area contributed by atoms with Crippen molar-refractivity contribution in [1.29, 1.82) is 0 Å². The van der Waals surface area contributed by atoms with Crippen LogP contribution in [0.15, 0.2) is 81.0 Å². The SMILES string of the molecule is COc1ccc(NC(=O)COc2ccc(Cl)cc2[C@@H]2c3sc(=O)[nH]c3S[C@@H]3[C@@H]4C[C@@H]([C@@H]5C(=O)N(c6ccc(Br)cc6)C(=O)[C@@H]45)[C@H]23)cc1. The molecule has 7 atom stereocenters. The number of thioether (sulfide) groups is 1. The molecule has 240 valence electrons. The third-order valence-electron chi connectivity index (χ3n) is 9.85. The number of rotatable bonds is 7. The van der Waals surface area contributed by atoms with Crippen LogP contribution in [0.4, 0.5) is 11.4 Å². The Labute approximate surface area is 291 Å². The molecule has 2 aliphatic carbocycles. The predicted molar refractivity (Wildman–Crippen MR) is 184 cm³/mol. The summed E-state index contributed by atoms with van der Waals surface area (Å²) < 4.78 is 12.2. The second kappa shape index (κ2) is 11.8. The molecule has 4 aliphatic rings. The Balaban J connectivity index is 1.12. The molecule has 3 aromatic carbocycles. The summed E-state index contributed by atoms with van der Waals surface area (Å²) in [6, 6.07) is 19.5. The van der Waals surface area contributed by atoms with Crippen molar-refractivity contribution in [2.24, 2.45) is 29.6 Å². The minimum absolute atomic E-state index is 0.00387. The van der Waals surface area contributed by atoms with Gasteiger partial charge in [-0.1, -0.05) is 38.9 Å². The summed E-state index contributed by atoms with van der Waals surface area (Å²) in [5, 5.41) is 4.10. The first-order valence-corrected chi connectivity index (χ1v) is 18.0. The fraction of sp³-hybridized carbons (Fsp3) is 0.294. The number of hydrogen-bond donors (Lipinski definition) is 2. The number of halogens is 2. The van der Waals surface area contributed by atoms with E-state index in [0.717, 1.165) is 37.7 Å². The standard InChI is InChI=1S/C34H27BrClN3O6S2/c1-44-19-9-5-17(6-10-19)37-24(40)14-45-23-11-4-16(36)12-20(23)25-26-21-13-22(29(26)46-31-30(25)47-34(43)38-31)28-27(21)32(41)39(33(28)42)18-7-2-15(35)3-8-18/h2-12,21-22,25-29H,13-14H2,1H3,(H,37,40)(H,38,43)/t21-,22-,25+,26-,27+,28+,29-/m1/s1. The minimum Gasteiger partial charge on any atom is -0.497 e. The van der Waals surface area contributed by atoms with Gasteiger partial charge in [-0.2, -0.15) is 0 Å². The monoisotopic (exact) mass is 751 g/mol. The van der Waals surface area contributed by atoms with Crippen molar-refractivity contribution in [1.82, 2.24) is 4.98 Å². The molecule has 8 rings (SSSR count). The van der Waals surface area contributed by atoms with E-state index in [1.165, 1.54) is 4.90 Å². The van der Waals surface area contributed by atoms with E-state index >= 15 is 0 Å². The third kappa shape index (κ3) is 5.11. The number of ether oxygens (including phenoxy) is 2. The van der Waals surface area contributed by atoms with Gasteiger partial charge in [-0.15, -0.1) is 11.8 Å². The van der Waals surface area contributed by atoms with E-state index in [9.17, 15) is 19.2 Å². The van der Waals surface area contributed by atoms with Gasteiger partial charge < -0.3 is 19.8 Å². The normalized spacial score (nSPS) is 27.0. The van der Waals surface area contributed by atoms with Crippen molar-refractivity contribution in [3.05, 3.63) is 96.3 Å². The topological polar surface area (TPSA) is 118 Å². The molecule has 3 fully saturated rings. The molecule has 3 amide bonds. The molecule has 0 spiro atoms. The van der Waals surface area contributed by atoms with Crippen LogP contribution >= 0.6 is 50.6 Å². The molecule has 9 nitrogen and oxygen atoms in total. The molecular formula is C34H27BrClN3O6S2. The molecule has 47 heavy (non-hydrogen) atoms. The summed E-state index contributed by atoms with van der Waals surface area (Å²) in [6.45, 7) is -0.252. The maximum Gasteiger partial charge on any atom is 0.305 e. The maximum absolute atomic E-state index is 14.1. The van der Waals surface area contributed by atoms with Crippen molar-refractivity contribution < 1.29 is 23.9 Å². The molecule has 13 heteroatoms. The number of fused-ring (bicyclic) bond motifs is 9. The van der Waals surface area contributed by atoms with Crippen molar-refractivity contribution >= 4 is 79.7 Å². The molecule has 1 saturated heterocycles. The van der Waals surface area contributed by atoms with E-state index in [4.69, 9.17) is 21.1 Å². The van der Waals surface area contributed by atoms with Gasteiger partial charge in [0.2, 0.25) is 11.8 Å². The van der Waals surface area contributed by atoms with Crippen LogP contribution in [0, 0.1) is 29.6 Å². The number of aromatic nitrogens is 1. The average molecular weight is 753 g/mol. The van der Waals surface area contributed by atoms with Crippen LogP contribution in [-0.4, -0.2) is 41.7 Å². The summed E-state index contributed by atoms with van der Waals surface area (Å²) in [4.78, 5) is 58.7. The van der Waals surface area contributed by atoms with Gasteiger partial charge in [0.05, 0.1) is 29.7 Å². The van der Waals surface area contributed by atoms with Crippen LogP contribution in [0.2, 0.25) is 5.02 Å². The lowest BCUT2D eigenvalue weighted by molar-refractivity contribution is -0.123. The number of carbonyl (C=O) groups is 3. The van der Waals surface area contributed by atoms with Crippen LogP contribution in [0.1, 0.15) is 22.8 Å². The van der Waals surface area contributed by atoms with Gasteiger partial charge in [0, 0.05) is 36.8 Å². The second-order valence-electron chi connectivity index (χ2n) is 12.2. The number of H-pyrrole nitrogens is 1. The molecular weight excluding hydrogens is 726 g/mol. The van der Waals surface area contributed by atoms with Gasteiger partial charge >= 0.3 is 4.87 Å². The summed E-state index contributed by atoms with van der Waals surface area (Å²) in [5.41, 5.74) is 1.94. The van der Waals surface area contributed by atoms with E-state index < -0.39 is 11.8 Å². The highest BCUT2D eigenvalue weighted by Gasteiger charge is 2.69. The molecule has 0 unspecified atom stereocenters. The Morgan fingerprint density at radius 2 is 1.74 bits per heavy atom. The predicted octanol–water partition coefficient (Wildman–Crippen LogP) is 6.56. The van der Waals surface area contributed by atoms with Gasteiger partial charge in [0.15, 0.2) is 6.61 Å². The fourth-order valence-corrected chi connectivity index (χ4v) is 11.4. The number of thiazole rings is 1. The summed E-state index contributed by atoms with van der Waals surface area (Å²) in [6.07, 6.45) is 0.750. The molecule has 2 bridgehead atoms. The Morgan fingerprint density at radius 1 is 1.02 bits per heavy atom. The minimum atomic E-state index is -0.448. The highest BCUT2D eigenvalue weighted by atomic mass is 79.9. The average Bonchev–Trinajstić information content (AvgIpc) is 3.80. The summed E-state index contributed by atoms with van der Waals surface area (Å²) in [5.74, 6) is -0.845. The highest BCUT2D eigenvalue weighted by molar-refractivity contribution is 9.10. The lowest BCUT2D eigenvalue weighted by Gasteiger charge is -2.43. The first kappa shape index (κ1) is 30.7. The zero-order chi connectivity index (χ0) is 32.6. The Kier molecular flexibility index (Phi) is 7.74. The van der Waals surface area contributed by atoms with Crippen molar-refractivity contribution in [2.45, 2.75) is 22.6 Å². The number of methoxy groups -OCH3 is 1. The lowest BCUT2D eigenvalue weighted by Crippen LogP contribution is -2.42. The highest BCUT2D eigenvalue weighted by Crippen LogP contribution is 2.69. The number of hydrogen-bond acceptors (Lipinski definition) is 8. The smallest absolute Gasteiger partial charge is 0.305 e. The van der Waals surface area contributed by atoms with Crippen molar-refractivity contribution in [2.75, 3.05) is 23.9 Å². The lowest BCUT2D eigenvalue weighted by atomic mass is 9.68. The molecule has 0 radical (unpaired) electrons. The number of nitrogens with zero attached hydrogens (tertiary/aromatic N) is 1. The van der Waals surface area contributed by atoms with Gasteiger partial charge in [0.25, 0.3) is 5.91 Å². The summed E-state index contributed by atoms with van der Waals surface area (Å²) in [7, 11) is 1.58. The molecule has 2 aliphatic heterocycles. The third-order valence-corrected chi connectivity index (χ3v) is 13.2. The van der Waals surface area contributed by atoms with Gasteiger partial charge in [0.1, 0.15) is 11.5 Å². The van der Waals surface area contributed by atoms with E-state index in [0.29, 0.717) is 27.9 Å². The van der Waals surface area contributed by atoms with Crippen molar-refractivity contribution in [3.63, 3.8) is 0 Å². The van der Waals surface area contributed by atoms with E-state index in [1.54, 1.807) is 67.4 Å². The van der Waals surface area contributed by atoms with Crippen LogP contribution in [0.3, 0.4) is 0 Å². The first-order valence-electron chi connectivity index (χ1n) is 15.1. The number of anilines is 2. The maximum atomic E-state index is 14.1. The van der Waals surface area contributed by atoms with Gasteiger partial charge in [-0.25, -0.2) is 0 Å². The second-order valence-corrected chi connectivity index (χ2v) is 15.8. The van der Waals surface area contributed by atoms with Crippen molar-refractivity contribution in [3.8, 4) is 11.5 Å². The van der Waals surface area contributed by atoms with Gasteiger partial charge in [-0.05, 0) is 90.9 Å². The zero-order valence-electron chi connectivity index (χ0n) is 24.8. The number of benzene rings is 3. The number of nitrogens with one attached hydrogen (secondary N) is 2. The van der Waals surface area contributed by atoms with Crippen LogP contribution < -0.4 is 24.6 Å². The summed E-state index contributed by atoms with van der Waals surface area (Å²) >= 11 is 12.8. The Bertz CT molecular complexity index is 1980. The number of amides is 3. The number of carbonyl (C=O) groups excluding carboxylic acids is 3. The first-order chi connectivity index (χ1) is 22.7. The van der Waals surface area contributed by atoms with Crippen LogP contribution in [0.5, 0.6) is 11.5 Å². The largest absolute Gasteiger partial charge is 0.497 e. The molecule has 2 N–H and O–H groups in total. The molecule has 4 aromatic rings. The van der Waals surface area contributed by atoms with Gasteiger partial charge in [-0.3, -0.25) is 24.1 Å². The molecule has 3 heterocycles. The molecule has 2 saturated carbocycles. The van der Waals surface area contributed by atoms with E-state index in [1.807, 2.05) is 18.2 Å². The zero-order valence-corrected chi connectivity index (χ0v) is 28.8.